The Morgan fingerprint density at radius 2 is 1.70 bits per heavy atom. The Bertz CT molecular complexity index is 818. The lowest BCUT2D eigenvalue weighted by Gasteiger charge is -2.09. The van der Waals surface area contributed by atoms with Crippen molar-refractivity contribution in [2.45, 2.75) is 19.8 Å². The number of rotatable bonds is 4. The summed E-state index contributed by atoms with van der Waals surface area (Å²) in [5, 5.41) is 17.1. The van der Waals surface area contributed by atoms with Crippen molar-refractivity contribution >= 4 is 5.97 Å². The fraction of sp³-hybridized carbons (Fsp3) is 0.167. The third-order valence-electron chi connectivity index (χ3n) is 3.78. The first-order chi connectivity index (χ1) is 11.1. The van der Waals surface area contributed by atoms with Crippen LogP contribution in [0.25, 0.3) is 16.9 Å². The van der Waals surface area contributed by atoms with Crippen LogP contribution in [0.4, 0.5) is 0 Å². The normalized spacial score (nSPS) is 10.9. The lowest BCUT2D eigenvalue weighted by molar-refractivity contribution is 0.0697. The van der Waals surface area contributed by atoms with Crippen LogP contribution in [0.15, 0.2) is 54.7 Å². The number of aromatic carboxylic acids is 1. The van der Waals surface area contributed by atoms with Gasteiger partial charge in [0.05, 0.1) is 23.1 Å². The second-order valence-electron chi connectivity index (χ2n) is 5.66. The van der Waals surface area contributed by atoms with Crippen LogP contribution >= 0.6 is 0 Å². The van der Waals surface area contributed by atoms with Gasteiger partial charge in [-0.3, -0.25) is 0 Å². The van der Waals surface area contributed by atoms with Gasteiger partial charge in [0.2, 0.25) is 0 Å². The highest BCUT2D eigenvalue weighted by atomic mass is 16.4. The monoisotopic (exact) mass is 307 g/mol. The van der Waals surface area contributed by atoms with Crippen LogP contribution in [0, 0.1) is 0 Å². The van der Waals surface area contributed by atoms with Gasteiger partial charge in [-0.1, -0.05) is 43.3 Å². The van der Waals surface area contributed by atoms with E-state index in [1.807, 2.05) is 0 Å². The van der Waals surface area contributed by atoms with Gasteiger partial charge in [-0.2, -0.15) is 0 Å². The molecule has 2 aromatic carbocycles. The Hall–Kier alpha value is -2.95. The summed E-state index contributed by atoms with van der Waals surface area (Å²) < 4.78 is 1.70. The maximum Gasteiger partial charge on any atom is 0.335 e. The molecular formula is C18H17N3O2. The van der Waals surface area contributed by atoms with Crippen LogP contribution in [0.1, 0.15) is 35.7 Å². The first-order valence-corrected chi connectivity index (χ1v) is 7.41. The lowest BCUT2D eigenvalue weighted by Crippen LogP contribution is -2.01. The van der Waals surface area contributed by atoms with Crippen LogP contribution in [0.5, 0.6) is 0 Å². The minimum Gasteiger partial charge on any atom is -0.478 e. The lowest BCUT2D eigenvalue weighted by atomic mass is 10.0. The second kappa shape index (κ2) is 6.04. The van der Waals surface area contributed by atoms with Crippen molar-refractivity contribution in [1.82, 2.24) is 15.0 Å². The molecule has 0 fully saturated rings. The number of aromatic nitrogens is 3. The summed E-state index contributed by atoms with van der Waals surface area (Å²) in [6.07, 6.45) is 1.70. The molecule has 1 N–H and O–H groups in total. The van der Waals surface area contributed by atoms with E-state index in [0.29, 0.717) is 5.92 Å². The Kier molecular flexibility index (Phi) is 3.93. The molecule has 0 bridgehead atoms. The zero-order chi connectivity index (χ0) is 16.4. The van der Waals surface area contributed by atoms with E-state index in [1.165, 1.54) is 5.56 Å². The summed E-state index contributed by atoms with van der Waals surface area (Å²) in [5.74, 6) is -0.463. The van der Waals surface area contributed by atoms with E-state index in [9.17, 15) is 4.79 Å². The second-order valence-corrected chi connectivity index (χ2v) is 5.66. The number of nitrogens with zero attached hydrogens (tertiary/aromatic N) is 3. The minimum atomic E-state index is -0.945. The van der Waals surface area contributed by atoms with Gasteiger partial charge in [-0.25, -0.2) is 9.48 Å². The number of carboxylic acid groups (broad SMARTS) is 1. The van der Waals surface area contributed by atoms with Gasteiger partial charge in [-0.05, 0) is 35.7 Å². The largest absolute Gasteiger partial charge is 0.478 e. The number of carboxylic acids is 1. The summed E-state index contributed by atoms with van der Waals surface area (Å²) in [6.45, 7) is 4.32. The Balaban J connectivity index is 1.97. The summed E-state index contributed by atoms with van der Waals surface area (Å²) in [4.78, 5) is 10.9. The number of hydrogen-bond acceptors (Lipinski definition) is 3. The van der Waals surface area contributed by atoms with Crippen molar-refractivity contribution in [3.63, 3.8) is 0 Å². The van der Waals surface area contributed by atoms with Crippen molar-refractivity contribution in [2.75, 3.05) is 0 Å². The third kappa shape index (κ3) is 2.99. The molecular weight excluding hydrogens is 290 g/mol. The maximum atomic E-state index is 10.9. The van der Waals surface area contributed by atoms with Crippen molar-refractivity contribution in [1.29, 1.82) is 0 Å². The van der Waals surface area contributed by atoms with E-state index in [1.54, 1.807) is 35.1 Å². The van der Waals surface area contributed by atoms with Crippen molar-refractivity contribution in [3.05, 3.63) is 65.9 Å². The Morgan fingerprint density at radius 1 is 1.04 bits per heavy atom. The SMILES string of the molecule is CC(C)c1ccc(-c2cnnn2-c2ccc(C(=O)O)cc2)cc1. The standard InChI is InChI=1S/C18H17N3O2/c1-12(2)13-3-5-14(6-4-13)17-11-19-20-21(17)16-9-7-15(8-10-16)18(22)23/h3-12H,1-2H3,(H,22,23). The van der Waals surface area contributed by atoms with Crippen LogP contribution in [-0.4, -0.2) is 26.1 Å². The maximum absolute atomic E-state index is 10.9. The van der Waals surface area contributed by atoms with Gasteiger partial charge in [-0.15, -0.1) is 5.10 Å². The fourth-order valence-electron chi connectivity index (χ4n) is 2.41. The molecule has 0 radical (unpaired) electrons. The Morgan fingerprint density at radius 3 is 2.26 bits per heavy atom. The van der Waals surface area contributed by atoms with Gasteiger partial charge in [0.1, 0.15) is 0 Å². The van der Waals surface area contributed by atoms with Crippen LogP contribution < -0.4 is 0 Å². The van der Waals surface area contributed by atoms with E-state index >= 15 is 0 Å². The van der Waals surface area contributed by atoms with E-state index in [-0.39, 0.29) is 5.56 Å². The molecule has 0 spiro atoms. The fourth-order valence-corrected chi connectivity index (χ4v) is 2.41. The molecule has 0 amide bonds. The molecule has 0 aliphatic rings. The van der Waals surface area contributed by atoms with Crippen LogP contribution in [0.3, 0.4) is 0 Å². The molecule has 3 rings (SSSR count). The molecule has 1 heterocycles. The molecule has 3 aromatic rings. The summed E-state index contributed by atoms with van der Waals surface area (Å²) in [5.41, 5.74) is 4.18. The molecule has 0 saturated carbocycles. The molecule has 0 aliphatic heterocycles. The average Bonchev–Trinajstić information content (AvgIpc) is 3.04. The van der Waals surface area contributed by atoms with Gasteiger partial charge >= 0.3 is 5.97 Å². The highest BCUT2D eigenvalue weighted by Crippen LogP contribution is 2.24. The van der Waals surface area contributed by atoms with Crippen molar-refractivity contribution < 1.29 is 9.90 Å². The molecule has 5 nitrogen and oxygen atoms in total. The molecule has 0 saturated heterocycles. The summed E-state index contributed by atoms with van der Waals surface area (Å²) in [6, 6.07) is 14.9. The topological polar surface area (TPSA) is 68.0 Å². The van der Waals surface area contributed by atoms with Gasteiger partial charge in [0.15, 0.2) is 0 Å². The Labute approximate surface area is 134 Å². The predicted octanol–water partition coefficient (Wildman–Crippen LogP) is 3.76. The molecule has 5 heteroatoms. The van der Waals surface area contributed by atoms with Crippen LogP contribution in [0.2, 0.25) is 0 Å². The molecule has 1 aromatic heterocycles. The van der Waals surface area contributed by atoms with Crippen molar-refractivity contribution in [3.8, 4) is 16.9 Å². The summed E-state index contributed by atoms with van der Waals surface area (Å²) in [7, 11) is 0. The highest BCUT2D eigenvalue weighted by Gasteiger charge is 2.10. The molecule has 116 valence electrons. The predicted molar refractivity (Wildman–Crippen MR) is 87.8 cm³/mol. The summed E-state index contributed by atoms with van der Waals surface area (Å²) >= 11 is 0. The average molecular weight is 307 g/mol. The molecule has 0 unspecified atom stereocenters. The zero-order valence-corrected chi connectivity index (χ0v) is 13.0. The highest BCUT2D eigenvalue weighted by molar-refractivity contribution is 5.87. The van der Waals surface area contributed by atoms with Crippen molar-refractivity contribution in [2.24, 2.45) is 0 Å². The van der Waals surface area contributed by atoms with Gasteiger partial charge in [0, 0.05) is 5.56 Å². The first-order valence-electron chi connectivity index (χ1n) is 7.41. The molecule has 0 atom stereocenters. The number of hydrogen-bond donors (Lipinski definition) is 1. The first kappa shape index (κ1) is 15.0. The van der Waals surface area contributed by atoms with E-state index in [2.05, 4.69) is 48.4 Å². The third-order valence-corrected chi connectivity index (χ3v) is 3.78. The van der Waals surface area contributed by atoms with Crippen LogP contribution in [-0.2, 0) is 0 Å². The zero-order valence-electron chi connectivity index (χ0n) is 13.0. The van der Waals surface area contributed by atoms with Gasteiger partial charge in [0.25, 0.3) is 0 Å². The molecule has 0 aliphatic carbocycles. The number of carbonyl (C=O) groups is 1. The molecule has 23 heavy (non-hydrogen) atoms. The quantitative estimate of drug-likeness (QED) is 0.797. The minimum absolute atomic E-state index is 0.247. The smallest absolute Gasteiger partial charge is 0.335 e. The van der Waals surface area contributed by atoms with E-state index < -0.39 is 5.97 Å². The van der Waals surface area contributed by atoms with E-state index in [4.69, 9.17) is 5.11 Å². The van der Waals surface area contributed by atoms with E-state index in [0.717, 1.165) is 16.9 Å². The number of benzene rings is 2. The van der Waals surface area contributed by atoms with Gasteiger partial charge < -0.3 is 5.11 Å².